The number of hydrogen-bond acceptors (Lipinski definition) is 4. The summed E-state index contributed by atoms with van der Waals surface area (Å²) in [7, 11) is -3.66. The number of benzene rings is 2. The number of fused-ring (bicyclic) bond motifs is 1. The molecule has 0 saturated carbocycles. The van der Waals surface area contributed by atoms with E-state index in [0.29, 0.717) is 15.7 Å². The zero-order valence-corrected chi connectivity index (χ0v) is 14.1. The molecule has 1 N–H and O–H groups in total. The Morgan fingerprint density at radius 2 is 1.85 bits per heavy atom. The molecule has 20 heavy (non-hydrogen) atoms. The Hall–Kier alpha value is -1.21. The van der Waals surface area contributed by atoms with Gasteiger partial charge in [0.05, 0.1) is 0 Å². The molecule has 0 aliphatic heterocycles. The van der Waals surface area contributed by atoms with Gasteiger partial charge in [-0.2, -0.15) is 0 Å². The van der Waals surface area contributed by atoms with Gasteiger partial charge in [0, 0.05) is 0 Å². The van der Waals surface area contributed by atoms with Crippen molar-refractivity contribution in [2.75, 3.05) is 4.72 Å². The number of anilines is 1. The van der Waals surface area contributed by atoms with Gasteiger partial charge in [-0.05, 0) is 0 Å². The normalized spacial score (nSPS) is 11.7. The molecule has 8 heteroatoms. The molecule has 3 rings (SSSR count). The van der Waals surface area contributed by atoms with Crippen LogP contribution in [0.25, 0.3) is 11.0 Å². The quantitative estimate of drug-likeness (QED) is 0.664. The second-order valence-corrected chi connectivity index (χ2v) is 7.59. The van der Waals surface area contributed by atoms with Gasteiger partial charge < -0.3 is 0 Å². The topological polar surface area (TPSA) is 72.0 Å². The summed E-state index contributed by atoms with van der Waals surface area (Å²) in [6.45, 7) is 0. The summed E-state index contributed by atoms with van der Waals surface area (Å²) in [5.41, 5.74) is 1.81. The first-order chi connectivity index (χ1) is 9.58. The summed E-state index contributed by atoms with van der Waals surface area (Å²) >= 11 is 3.05. The molecule has 3 aromatic rings. The predicted octanol–water partition coefficient (Wildman–Crippen LogP) is 2.25. The first-order valence-electron chi connectivity index (χ1n) is 5.56. The van der Waals surface area contributed by atoms with Crippen LogP contribution in [0.3, 0.4) is 0 Å². The number of hydrogen-bond donors (Lipinski definition) is 1. The number of aromatic nitrogens is 2. The van der Waals surface area contributed by atoms with Crippen molar-refractivity contribution in [3.05, 3.63) is 46.9 Å². The molecular weight excluding hydrogens is 409 g/mol. The standard InChI is InChI=1S/C12H8BrN3O2SSe/c13-8-4-1-2-7-11(8)19(17,18)14-9-5-3-6-10-12(9)16-20-15-10/h1-7,14H. The summed E-state index contributed by atoms with van der Waals surface area (Å²) in [5, 5.41) is 0. The van der Waals surface area contributed by atoms with Crippen LogP contribution < -0.4 is 4.72 Å². The molecule has 0 aliphatic carbocycles. The molecule has 0 amide bonds. The Balaban J connectivity index is 2.06. The second kappa shape index (κ2) is 5.29. The molecule has 0 radical (unpaired) electrons. The molecule has 2 aromatic carbocycles. The van der Waals surface area contributed by atoms with Gasteiger partial charge in [0.2, 0.25) is 0 Å². The Labute approximate surface area is 130 Å². The summed E-state index contributed by atoms with van der Waals surface area (Å²) in [6.07, 6.45) is 0. The molecule has 0 spiro atoms. The van der Waals surface area contributed by atoms with Crippen molar-refractivity contribution in [3.8, 4) is 0 Å². The van der Waals surface area contributed by atoms with Crippen LogP contribution in [0.15, 0.2) is 51.8 Å². The zero-order chi connectivity index (χ0) is 14.2. The van der Waals surface area contributed by atoms with E-state index in [-0.39, 0.29) is 19.9 Å². The molecule has 0 bridgehead atoms. The third-order valence-electron chi connectivity index (χ3n) is 2.66. The summed E-state index contributed by atoms with van der Waals surface area (Å²) < 4.78 is 36.4. The van der Waals surface area contributed by atoms with E-state index in [2.05, 4.69) is 28.6 Å². The van der Waals surface area contributed by atoms with Crippen LogP contribution in [-0.2, 0) is 10.0 Å². The van der Waals surface area contributed by atoms with Gasteiger partial charge in [0.25, 0.3) is 0 Å². The van der Waals surface area contributed by atoms with E-state index >= 15 is 0 Å². The summed E-state index contributed by atoms with van der Waals surface area (Å²) in [4.78, 5) is 0.193. The minimum atomic E-state index is -3.66. The average Bonchev–Trinajstić information content (AvgIpc) is 2.88. The van der Waals surface area contributed by atoms with Crippen LogP contribution in [0.1, 0.15) is 0 Å². The van der Waals surface area contributed by atoms with Crippen LogP contribution >= 0.6 is 15.9 Å². The van der Waals surface area contributed by atoms with E-state index in [1.165, 1.54) is 0 Å². The van der Waals surface area contributed by atoms with Gasteiger partial charge in [-0.3, -0.25) is 0 Å². The van der Waals surface area contributed by atoms with E-state index < -0.39 is 10.0 Å². The van der Waals surface area contributed by atoms with Crippen molar-refractivity contribution in [3.63, 3.8) is 0 Å². The van der Waals surface area contributed by atoms with Crippen LogP contribution in [-0.4, -0.2) is 31.3 Å². The number of halogens is 1. The third kappa shape index (κ3) is 2.52. The fourth-order valence-electron chi connectivity index (χ4n) is 1.75. The van der Waals surface area contributed by atoms with Crippen molar-refractivity contribution in [1.29, 1.82) is 0 Å². The summed E-state index contributed by atoms with van der Waals surface area (Å²) in [6, 6.07) is 11.9. The molecule has 0 atom stereocenters. The van der Waals surface area contributed by atoms with E-state index in [1.807, 2.05) is 6.07 Å². The average molecular weight is 417 g/mol. The van der Waals surface area contributed by atoms with Crippen molar-refractivity contribution in [2.45, 2.75) is 4.90 Å². The van der Waals surface area contributed by atoms with Crippen molar-refractivity contribution in [1.82, 2.24) is 7.96 Å². The van der Waals surface area contributed by atoms with Crippen LogP contribution in [0, 0.1) is 0 Å². The maximum absolute atomic E-state index is 12.4. The fourth-order valence-corrected chi connectivity index (χ4v) is 4.97. The molecule has 0 aliphatic rings. The van der Waals surface area contributed by atoms with Crippen molar-refractivity contribution in [2.24, 2.45) is 0 Å². The molecule has 0 fully saturated rings. The number of nitrogens with one attached hydrogen (secondary N) is 1. The van der Waals surface area contributed by atoms with E-state index in [9.17, 15) is 8.42 Å². The fraction of sp³-hybridized carbons (Fsp3) is 0. The van der Waals surface area contributed by atoms with Gasteiger partial charge in [-0.15, -0.1) is 0 Å². The first-order valence-corrected chi connectivity index (χ1v) is 9.37. The van der Waals surface area contributed by atoms with E-state index in [1.54, 1.807) is 36.4 Å². The number of nitrogens with zero attached hydrogens (tertiary/aromatic N) is 2. The number of sulfonamides is 1. The SMILES string of the molecule is O=S(=O)(Nc1cccc2n[se]nc12)c1ccccc1Br. The van der Waals surface area contributed by atoms with Crippen molar-refractivity contribution >= 4 is 57.6 Å². The predicted molar refractivity (Wildman–Crippen MR) is 81.4 cm³/mol. The van der Waals surface area contributed by atoms with Crippen molar-refractivity contribution < 1.29 is 8.42 Å². The van der Waals surface area contributed by atoms with Crippen LogP contribution in [0.5, 0.6) is 0 Å². The van der Waals surface area contributed by atoms with Gasteiger partial charge in [0.1, 0.15) is 0 Å². The minimum absolute atomic E-state index is 0.193. The monoisotopic (exact) mass is 417 g/mol. The van der Waals surface area contributed by atoms with Crippen LogP contribution in [0.2, 0.25) is 0 Å². The summed E-state index contributed by atoms with van der Waals surface area (Å²) in [5.74, 6) is 0. The molecule has 5 nitrogen and oxygen atoms in total. The van der Waals surface area contributed by atoms with E-state index in [0.717, 1.165) is 5.52 Å². The zero-order valence-electron chi connectivity index (χ0n) is 9.95. The second-order valence-electron chi connectivity index (χ2n) is 3.97. The molecular formula is C12H8BrN3O2SSe. The molecule has 1 heterocycles. The van der Waals surface area contributed by atoms with Crippen LogP contribution in [0.4, 0.5) is 5.69 Å². The van der Waals surface area contributed by atoms with Gasteiger partial charge in [-0.25, -0.2) is 0 Å². The molecule has 1 aromatic heterocycles. The Morgan fingerprint density at radius 3 is 2.65 bits per heavy atom. The third-order valence-corrected chi connectivity index (χ3v) is 6.17. The molecule has 0 saturated heterocycles. The Kier molecular flexibility index (Phi) is 3.64. The Morgan fingerprint density at radius 1 is 1.05 bits per heavy atom. The first kappa shape index (κ1) is 13.8. The van der Waals surface area contributed by atoms with Gasteiger partial charge in [-0.1, -0.05) is 0 Å². The molecule has 102 valence electrons. The Bertz CT molecular complexity index is 879. The number of rotatable bonds is 3. The van der Waals surface area contributed by atoms with Gasteiger partial charge >= 0.3 is 131 Å². The van der Waals surface area contributed by atoms with E-state index in [4.69, 9.17) is 0 Å². The van der Waals surface area contributed by atoms with Gasteiger partial charge in [0.15, 0.2) is 0 Å². The molecule has 0 unspecified atom stereocenters. The maximum atomic E-state index is 12.4.